The minimum atomic E-state index is 0. The number of aromatic amines is 1. The molecular formula is C8H8N2Pt. The molecule has 0 amide bonds. The molecule has 0 radical (unpaired) electrons. The average molecular weight is 327 g/mol. The van der Waals surface area contributed by atoms with Crippen LogP contribution in [0.25, 0.3) is 11.0 Å². The fourth-order valence-corrected chi connectivity index (χ4v) is 1.08. The molecule has 2 nitrogen and oxygen atoms in total. The molecule has 0 aliphatic rings. The summed E-state index contributed by atoms with van der Waals surface area (Å²) in [6.45, 7) is 1.96. The van der Waals surface area contributed by atoms with Gasteiger partial charge >= 0.3 is 0 Å². The van der Waals surface area contributed by atoms with Gasteiger partial charge in [0.05, 0.1) is 11.0 Å². The van der Waals surface area contributed by atoms with Crippen LogP contribution in [0.4, 0.5) is 0 Å². The van der Waals surface area contributed by atoms with Gasteiger partial charge in [-0.25, -0.2) is 4.98 Å². The molecule has 0 aliphatic heterocycles. The number of hydrogen-bond acceptors (Lipinski definition) is 1. The normalized spacial score (nSPS) is 9.55. The molecule has 11 heavy (non-hydrogen) atoms. The summed E-state index contributed by atoms with van der Waals surface area (Å²) in [5, 5.41) is 0. The van der Waals surface area contributed by atoms with Crippen LogP contribution in [-0.4, -0.2) is 9.97 Å². The van der Waals surface area contributed by atoms with E-state index in [1.807, 2.05) is 31.2 Å². The zero-order valence-corrected chi connectivity index (χ0v) is 8.35. The molecule has 60 valence electrons. The largest absolute Gasteiger partial charge is 0.342 e. The van der Waals surface area contributed by atoms with E-state index in [2.05, 4.69) is 9.97 Å². The van der Waals surface area contributed by atoms with Gasteiger partial charge in [-0.2, -0.15) is 0 Å². The summed E-state index contributed by atoms with van der Waals surface area (Å²) in [5.74, 6) is 0.973. The first kappa shape index (κ1) is 8.47. The Balaban J connectivity index is 0.000000605. The third kappa shape index (κ3) is 1.51. The van der Waals surface area contributed by atoms with Crippen molar-refractivity contribution in [3.8, 4) is 0 Å². The van der Waals surface area contributed by atoms with Crippen molar-refractivity contribution < 1.29 is 21.1 Å². The van der Waals surface area contributed by atoms with Crippen LogP contribution < -0.4 is 0 Å². The second-order valence-electron chi connectivity index (χ2n) is 2.34. The first-order valence-electron chi connectivity index (χ1n) is 3.27. The Morgan fingerprint density at radius 3 is 2.73 bits per heavy atom. The van der Waals surface area contributed by atoms with Crippen LogP contribution in [0.1, 0.15) is 5.82 Å². The average Bonchev–Trinajstić information content (AvgIpc) is 2.27. The molecule has 1 aromatic heterocycles. The van der Waals surface area contributed by atoms with E-state index in [1.165, 1.54) is 0 Å². The van der Waals surface area contributed by atoms with Gasteiger partial charge in [-0.05, 0) is 19.1 Å². The molecular weight excluding hydrogens is 319 g/mol. The number of rotatable bonds is 0. The molecule has 1 N–H and O–H groups in total. The fourth-order valence-electron chi connectivity index (χ4n) is 1.08. The quantitative estimate of drug-likeness (QED) is 0.786. The van der Waals surface area contributed by atoms with Crippen LogP contribution >= 0.6 is 0 Å². The first-order chi connectivity index (χ1) is 4.86. The summed E-state index contributed by atoms with van der Waals surface area (Å²) in [5.41, 5.74) is 2.15. The molecule has 0 atom stereocenters. The second kappa shape index (κ2) is 3.18. The number of benzene rings is 1. The maximum Gasteiger partial charge on any atom is 0.104 e. The Morgan fingerprint density at radius 1 is 1.27 bits per heavy atom. The first-order valence-corrected chi connectivity index (χ1v) is 3.27. The zero-order valence-electron chi connectivity index (χ0n) is 6.07. The Labute approximate surface area is 79.3 Å². The van der Waals surface area contributed by atoms with E-state index >= 15 is 0 Å². The summed E-state index contributed by atoms with van der Waals surface area (Å²) in [7, 11) is 0. The van der Waals surface area contributed by atoms with Crippen LogP contribution in [-0.2, 0) is 21.1 Å². The minimum Gasteiger partial charge on any atom is -0.342 e. The Hall–Kier alpha value is -0.622. The van der Waals surface area contributed by atoms with E-state index < -0.39 is 0 Å². The molecule has 0 saturated heterocycles. The van der Waals surface area contributed by atoms with Gasteiger partial charge in [-0.15, -0.1) is 0 Å². The number of para-hydroxylation sites is 2. The van der Waals surface area contributed by atoms with E-state index in [-0.39, 0.29) is 21.1 Å². The molecule has 0 spiro atoms. The van der Waals surface area contributed by atoms with Crippen molar-refractivity contribution in [1.29, 1.82) is 0 Å². The monoisotopic (exact) mass is 327 g/mol. The van der Waals surface area contributed by atoms with Crippen molar-refractivity contribution in [3.05, 3.63) is 30.1 Å². The number of aryl methyl sites for hydroxylation is 1. The number of H-pyrrole nitrogens is 1. The molecule has 0 saturated carbocycles. The molecule has 0 bridgehead atoms. The molecule has 1 aromatic carbocycles. The molecule has 2 aromatic rings. The fraction of sp³-hybridized carbons (Fsp3) is 0.125. The molecule has 3 heteroatoms. The van der Waals surface area contributed by atoms with Gasteiger partial charge in [-0.3, -0.25) is 0 Å². The van der Waals surface area contributed by atoms with E-state index in [0.29, 0.717) is 0 Å². The van der Waals surface area contributed by atoms with E-state index in [0.717, 1.165) is 16.9 Å². The van der Waals surface area contributed by atoms with Crippen LogP contribution in [0.5, 0.6) is 0 Å². The number of nitrogens with one attached hydrogen (secondary N) is 1. The molecule has 0 unspecified atom stereocenters. The standard InChI is InChI=1S/C8H8N2.Pt/c1-6-9-7-4-2-3-5-8(7)10-6;/h2-5H,1H3,(H,9,10);. The van der Waals surface area contributed by atoms with Gasteiger partial charge in [0, 0.05) is 21.1 Å². The van der Waals surface area contributed by atoms with E-state index in [1.54, 1.807) is 0 Å². The van der Waals surface area contributed by atoms with Crippen LogP contribution in [0, 0.1) is 6.92 Å². The number of fused-ring (bicyclic) bond motifs is 1. The summed E-state index contributed by atoms with van der Waals surface area (Å²) in [6, 6.07) is 8.01. The number of hydrogen-bond donors (Lipinski definition) is 1. The van der Waals surface area contributed by atoms with Crippen LogP contribution in [0.3, 0.4) is 0 Å². The molecule has 1 heterocycles. The van der Waals surface area contributed by atoms with Gasteiger partial charge < -0.3 is 4.98 Å². The summed E-state index contributed by atoms with van der Waals surface area (Å²) >= 11 is 0. The van der Waals surface area contributed by atoms with E-state index in [9.17, 15) is 0 Å². The minimum absolute atomic E-state index is 0. The van der Waals surface area contributed by atoms with Crippen molar-refractivity contribution in [1.82, 2.24) is 9.97 Å². The van der Waals surface area contributed by atoms with Crippen LogP contribution in [0.2, 0.25) is 0 Å². The number of imidazole rings is 1. The third-order valence-corrected chi connectivity index (χ3v) is 1.51. The van der Waals surface area contributed by atoms with Crippen molar-refractivity contribution in [2.45, 2.75) is 6.92 Å². The van der Waals surface area contributed by atoms with Gasteiger partial charge in [0.15, 0.2) is 0 Å². The van der Waals surface area contributed by atoms with Gasteiger partial charge in [0.1, 0.15) is 5.82 Å². The smallest absolute Gasteiger partial charge is 0.104 e. The molecule has 0 aliphatic carbocycles. The van der Waals surface area contributed by atoms with Gasteiger partial charge in [0.2, 0.25) is 0 Å². The Morgan fingerprint density at radius 2 is 2.00 bits per heavy atom. The van der Waals surface area contributed by atoms with Crippen LogP contribution in [0.15, 0.2) is 24.3 Å². The SMILES string of the molecule is Cc1nc2ccccc2[nH]1.[Pt]. The second-order valence-corrected chi connectivity index (χ2v) is 2.34. The maximum atomic E-state index is 4.26. The van der Waals surface area contributed by atoms with Crippen molar-refractivity contribution >= 4 is 11.0 Å². The molecule has 2 rings (SSSR count). The molecule has 0 fully saturated rings. The Bertz CT molecular complexity index is 321. The maximum absolute atomic E-state index is 4.26. The van der Waals surface area contributed by atoms with Crippen molar-refractivity contribution in [3.63, 3.8) is 0 Å². The van der Waals surface area contributed by atoms with Crippen molar-refractivity contribution in [2.24, 2.45) is 0 Å². The third-order valence-electron chi connectivity index (χ3n) is 1.51. The Kier molecular flexibility index (Phi) is 2.45. The van der Waals surface area contributed by atoms with Gasteiger partial charge in [0.25, 0.3) is 0 Å². The van der Waals surface area contributed by atoms with E-state index in [4.69, 9.17) is 0 Å². The van der Waals surface area contributed by atoms with Crippen molar-refractivity contribution in [2.75, 3.05) is 0 Å². The van der Waals surface area contributed by atoms with Gasteiger partial charge in [-0.1, -0.05) is 12.1 Å². The zero-order chi connectivity index (χ0) is 6.97. The predicted octanol–water partition coefficient (Wildman–Crippen LogP) is 1.87. The summed E-state index contributed by atoms with van der Waals surface area (Å²) in [6.07, 6.45) is 0. The summed E-state index contributed by atoms with van der Waals surface area (Å²) in [4.78, 5) is 7.40. The number of aromatic nitrogens is 2. The summed E-state index contributed by atoms with van der Waals surface area (Å²) < 4.78 is 0. The predicted molar refractivity (Wildman–Crippen MR) is 40.8 cm³/mol. The topological polar surface area (TPSA) is 28.7 Å². The number of nitrogens with zero attached hydrogens (tertiary/aromatic N) is 1.